The SMILES string of the molecule is O=c1nc(NCCSCc2nc[nH]c2C(F)(F)F)[nH]nc1Cc1cccnc1. The maximum absolute atomic E-state index is 12.7. The number of nitrogens with one attached hydrogen (secondary N) is 3. The van der Waals surface area contributed by atoms with Crippen LogP contribution in [0.1, 0.15) is 22.6 Å². The zero-order chi connectivity index (χ0) is 20.0. The molecule has 3 rings (SSSR count). The number of rotatable bonds is 8. The minimum absolute atomic E-state index is 0.0366. The quantitative estimate of drug-likeness (QED) is 0.487. The average molecular weight is 411 g/mol. The number of nitrogens with zero attached hydrogens (tertiary/aromatic N) is 4. The number of H-pyrrole nitrogens is 2. The highest BCUT2D eigenvalue weighted by Crippen LogP contribution is 2.31. The van der Waals surface area contributed by atoms with Crippen molar-refractivity contribution < 1.29 is 13.2 Å². The maximum atomic E-state index is 12.7. The highest BCUT2D eigenvalue weighted by molar-refractivity contribution is 7.98. The van der Waals surface area contributed by atoms with Crippen molar-refractivity contribution in [1.29, 1.82) is 0 Å². The van der Waals surface area contributed by atoms with Crippen LogP contribution in [0.15, 0.2) is 35.6 Å². The standard InChI is InChI=1S/C16H16F3N7OS/c17-16(18,19)13-12(22-9-23-13)8-28-5-4-21-15-24-14(27)11(25-26-15)6-10-2-1-3-20-7-10/h1-3,7,9H,4-6,8H2,(H,22,23)(H2,21,24,26,27). The third-order valence-corrected chi connectivity index (χ3v) is 4.60. The van der Waals surface area contributed by atoms with Crippen LogP contribution >= 0.6 is 11.8 Å². The lowest BCUT2D eigenvalue weighted by atomic mass is 10.2. The minimum Gasteiger partial charge on any atom is -0.354 e. The number of pyridine rings is 1. The maximum Gasteiger partial charge on any atom is 0.433 e. The largest absolute Gasteiger partial charge is 0.433 e. The van der Waals surface area contributed by atoms with E-state index < -0.39 is 17.4 Å². The molecule has 0 aromatic carbocycles. The number of anilines is 1. The van der Waals surface area contributed by atoms with E-state index in [4.69, 9.17) is 0 Å². The fraction of sp³-hybridized carbons (Fsp3) is 0.312. The molecule has 8 nitrogen and oxygen atoms in total. The fourth-order valence-corrected chi connectivity index (χ4v) is 3.14. The zero-order valence-electron chi connectivity index (χ0n) is 14.5. The molecule has 0 aliphatic heterocycles. The molecule has 0 atom stereocenters. The molecule has 3 N–H and O–H groups in total. The Labute approximate surface area is 161 Å². The van der Waals surface area contributed by atoms with E-state index in [2.05, 4.69) is 35.5 Å². The number of hydrogen-bond acceptors (Lipinski definition) is 7. The topological polar surface area (TPSA) is 112 Å². The Morgan fingerprint density at radius 2 is 2.11 bits per heavy atom. The molecule has 0 unspecified atom stereocenters. The van der Waals surface area contributed by atoms with Crippen LogP contribution in [0.2, 0.25) is 0 Å². The minimum atomic E-state index is -4.45. The predicted octanol–water partition coefficient (Wildman–Crippen LogP) is 2.24. The summed E-state index contributed by atoms with van der Waals surface area (Å²) in [5, 5.41) is 9.57. The van der Waals surface area contributed by atoms with E-state index in [1.165, 1.54) is 11.8 Å². The summed E-state index contributed by atoms with van der Waals surface area (Å²) in [5.74, 6) is 0.814. The lowest BCUT2D eigenvalue weighted by Crippen LogP contribution is -2.20. The molecule has 0 amide bonds. The molecule has 0 spiro atoms. The van der Waals surface area contributed by atoms with Crippen molar-refractivity contribution in [3.05, 3.63) is 63.9 Å². The molecule has 0 bridgehead atoms. The number of alkyl halides is 3. The lowest BCUT2D eigenvalue weighted by molar-refractivity contribution is -0.141. The molecule has 0 aliphatic rings. The van der Waals surface area contributed by atoms with E-state index in [9.17, 15) is 18.0 Å². The van der Waals surface area contributed by atoms with E-state index in [-0.39, 0.29) is 23.1 Å². The molecule has 0 saturated heterocycles. The third kappa shape index (κ3) is 5.31. The smallest absolute Gasteiger partial charge is 0.354 e. The van der Waals surface area contributed by atoms with E-state index in [1.807, 2.05) is 6.07 Å². The number of aromatic nitrogens is 6. The highest BCUT2D eigenvalue weighted by Gasteiger charge is 2.35. The Morgan fingerprint density at radius 3 is 2.82 bits per heavy atom. The summed E-state index contributed by atoms with van der Waals surface area (Å²) in [5.41, 5.74) is -0.205. The van der Waals surface area contributed by atoms with Crippen molar-refractivity contribution in [3.8, 4) is 0 Å². The van der Waals surface area contributed by atoms with Crippen molar-refractivity contribution in [3.63, 3.8) is 0 Å². The number of aromatic amines is 2. The van der Waals surface area contributed by atoms with Crippen molar-refractivity contribution in [2.24, 2.45) is 0 Å². The van der Waals surface area contributed by atoms with Gasteiger partial charge in [-0.15, -0.1) is 0 Å². The summed E-state index contributed by atoms with van der Waals surface area (Å²) < 4.78 is 38.2. The molecule has 3 aromatic rings. The van der Waals surface area contributed by atoms with Crippen LogP contribution in [0.25, 0.3) is 0 Å². The Hall–Kier alpha value is -2.89. The molecular formula is C16H16F3N7OS. The molecule has 0 fully saturated rings. The Morgan fingerprint density at radius 1 is 1.25 bits per heavy atom. The summed E-state index contributed by atoms with van der Waals surface area (Å²) in [6.07, 6.45) is 0.188. The normalized spacial score (nSPS) is 11.5. The van der Waals surface area contributed by atoms with Gasteiger partial charge in [0, 0.05) is 36.9 Å². The van der Waals surface area contributed by atoms with Crippen molar-refractivity contribution in [2.45, 2.75) is 18.3 Å². The summed E-state index contributed by atoms with van der Waals surface area (Å²) >= 11 is 1.28. The van der Waals surface area contributed by atoms with Gasteiger partial charge in [0.05, 0.1) is 12.0 Å². The molecule has 3 heterocycles. The van der Waals surface area contributed by atoms with E-state index in [0.717, 1.165) is 11.9 Å². The third-order valence-electron chi connectivity index (χ3n) is 3.63. The molecule has 3 aromatic heterocycles. The van der Waals surface area contributed by atoms with Gasteiger partial charge in [0.15, 0.2) is 0 Å². The lowest BCUT2D eigenvalue weighted by Gasteiger charge is -2.07. The van der Waals surface area contributed by atoms with Crippen LogP contribution in [-0.2, 0) is 18.3 Å². The van der Waals surface area contributed by atoms with Gasteiger partial charge in [-0.1, -0.05) is 6.07 Å². The summed E-state index contributed by atoms with van der Waals surface area (Å²) in [6.45, 7) is 0.392. The Kier molecular flexibility index (Phi) is 6.29. The molecule has 0 radical (unpaired) electrons. The average Bonchev–Trinajstić information content (AvgIpc) is 3.13. The second-order valence-corrected chi connectivity index (χ2v) is 6.78. The highest BCUT2D eigenvalue weighted by atomic mass is 32.2. The van der Waals surface area contributed by atoms with Gasteiger partial charge in [0.25, 0.3) is 5.56 Å². The van der Waals surface area contributed by atoms with E-state index >= 15 is 0 Å². The zero-order valence-corrected chi connectivity index (χ0v) is 15.3. The molecule has 12 heteroatoms. The molecule has 28 heavy (non-hydrogen) atoms. The van der Waals surface area contributed by atoms with Gasteiger partial charge >= 0.3 is 6.18 Å². The number of thioether (sulfide) groups is 1. The van der Waals surface area contributed by atoms with Crippen molar-refractivity contribution >= 4 is 17.7 Å². The predicted molar refractivity (Wildman–Crippen MR) is 97.9 cm³/mol. The molecule has 148 valence electrons. The van der Waals surface area contributed by atoms with Crippen LogP contribution < -0.4 is 10.9 Å². The van der Waals surface area contributed by atoms with Gasteiger partial charge in [-0.3, -0.25) is 9.78 Å². The van der Waals surface area contributed by atoms with Crippen molar-refractivity contribution in [1.82, 2.24) is 30.1 Å². The van der Waals surface area contributed by atoms with Crippen LogP contribution in [0.5, 0.6) is 0 Å². The van der Waals surface area contributed by atoms with E-state index in [1.54, 1.807) is 18.5 Å². The molecule has 0 saturated carbocycles. The number of hydrogen-bond donors (Lipinski definition) is 3. The molecular weight excluding hydrogens is 395 g/mol. The van der Waals surface area contributed by atoms with Crippen molar-refractivity contribution in [2.75, 3.05) is 17.6 Å². The Balaban J connectivity index is 1.46. The van der Waals surface area contributed by atoms with Gasteiger partial charge in [0.2, 0.25) is 5.95 Å². The molecule has 0 aliphatic carbocycles. The van der Waals surface area contributed by atoms with Gasteiger partial charge in [-0.05, 0) is 11.6 Å². The summed E-state index contributed by atoms with van der Waals surface area (Å²) in [7, 11) is 0. The number of halogens is 3. The first-order valence-corrected chi connectivity index (χ1v) is 9.34. The van der Waals surface area contributed by atoms with Crippen LogP contribution in [0.4, 0.5) is 19.1 Å². The number of imidazole rings is 1. The fourth-order valence-electron chi connectivity index (χ4n) is 2.34. The monoisotopic (exact) mass is 411 g/mol. The summed E-state index contributed by atoms with van der Waals surface area (Å²) in [6, 6.07) is 3.60. The van der Waals surface area contributed by atoms with Crippen LogP contribution in [0.3, 0.4) is 0 Å². The second-order valence-electron chi connectivity index (χ2n) is 5.68. The van der Waals surface area contributed by atoms with Gasteiger partial charge in [-0.2, -0.15) is 35.0 Å². The first kappa shape index (κ1) is 19.9. The van der Waals surface area contributed by atoms with Gasteiger partial charge in [-0.25, -0.2) is 10.1 Å². The summed E-state index contributed by atoms with van der Waals surface area (Å²) in [4.78, 5) is 25.7. The van der Waals surface area contributed by atoms with Gasteiger partial charge in [0.1, 0.15) is 11.4 Å². The Bertz CT molecular complexity index is 959. The van der Waals surface area contributed by atoms with E-state index in [0.29, 0.717) is 18.7 Å². The van der Waals surface area contributed by atoms with Crippen LogP contribution in [-0.4, -0.2) is 42.4 Å². The second kappa shape index (κ2) is 8.87. The first-order valence-electron chi connectivity index (χ1n) is 8.19. The van der Waals surface area contributed by atoms with Crippen LogP contribution in [0, 0.1) is 0 Å². The first-order chi connectivity index (χ1) is 13.4. The van der Waals surface area contributed by atoms with Gasteiger partial charge < -0.3 is 10.3 Å².